The summed E-state index contributed by atoms with van der Waals surface area (Å²) in [5.41, 5.74) is 1.09. The Labute approximate surface area is 123 Å². The fourth-order valence-corrected chi connectivity index (χ4v) is 2.37. The van der Waals surface area contributed by atoms with Crippen LogP contribution in [0.3, 0.4) is 0 Å². The molecule has 1 aliphatic rings. The average molecular weight is 292 g/mol. The monoisotopic (exact) mass is 292 g/mol. The number of aliphatic hydroxyl groups excluding tert-OH is 1. The molecule has 3 N–H and O–H groups in total. The number of rotatable bonds is 4. The molecular weight excluding hydrogens is 272 g/mol. The lowest BCUT2D eigenvalue weighted by Gasteiger charge is -2.31. The van der Waals surface area contributed by atoms with Crippen LogP contribution >= 0.6 is 0 Å². The number of carbonyl (C=O) groups excluding carboxylic acids is 1. The van der Waals surface area contributed by atoms with Crippen molar-refractivity contribution in [1.82, 2.24) is 10.2 Å². The summed E-state index contributed by atoms with van der Waals surface area (Å²) in [5, 5.41) is 20.7. The summed E-state index contributed by atoms with van der Waals surface area (Å²) < 4.78 is 0. The van der Waals surface area contributed by atoms with E-state index < -0.39 is 5.97 Å². The lowest BCUT2D eigenvalue weighted by atomic mass is 9.98. The van der Waals surface area contributed by atoms with E-state index in [1.165, 1.54) is 12.1 Å². The molecule has 0 atom stereocenters. The molecule has 0 saturated carbocycles. The maximum atomic E-state index is 12.0. The highest BCUT2D eigenvalue weighted by molar-refractivity contribution is 5.87. The molecule has 2 rings (SSSR count). The predicted octanol–water partition coefficient (Wildman–Crippen LogP) is 1.30. The molecule has 0 unspecified atom stereocenters. The zero-order chi connectivity index (χ0) is 15.2. The van der Waals surface area contributed by atoms with Crippen LogP contribution in [0.1, 0.15) is 28.8 Å². The van der Waals surface area contributed by atoms with E-state index in [1.807, 2.05) is 0 Å². The number of hydrogen-bond donors (Lipinski definition) is 3. The number of carboxylic acids is 1. The highest BCUT2D eigenvalue weighted by atomic mass is 16.4. The van der Waals surface area contributed by atoms with Gasteiger partial charge in [0.15, 0.2) is 0 Å². The van der Waals surface area contributed by atoms with Crippen LogP contribution in [0.4, 0.5) is 4.79 Å². The van der Waals surface area contributed by atoms with E-state index in [0.29, 0.717) is 25.6 Å². The summed E-state index contributed by atoms with van der Waals surface area (Å²) in [4.78, 5) is 24.5. The smallest absolute Gasteiger partial charge is 0.335 e. The third-order valence-corrected chi connectivity index (χ3v) is 3.80. The minimum absolute atomic E-state index is 0.117. The fraction of sp³-hybridized carbons (Fsp3) is 0.467. The second-order valence-corrected chi connectivity index (χ2v) is 5.27. The first-order chi connectivity index (χ1) is 10.1. The lowest BCUT2D eigenvalue weighted by molar-refractivity contribution is 0.0697. The Kier molecular flexibility index (Phi) is 5.16. The molecule has 21 heavy (non-hydrogen) atoms. The Balaban J connectivity index is 1.80. The van der Waals surface area contributed by atoms with Crippen LogP contribution < -0.4 is 5.32 Å². The summed E-state index contributed by atoms with van der Waals surface area (Å²) in [5.74, 6) is -0.657. The first kappa shape index (κ1) is 15.3. The number of piperidine rings is 1. The number of aliphatic hydroxyl groups is 1. The lowest BCUT2D eigenvalue weighted by Crippen LogP contribution is -2.44. The molecule has 1 aliphatic heterocycles. The largest absolute Gasteiger partial charge is 0.478 e. The van der Waals surface area contributed by atoms with E-state index in [2.05, 4.69) is 5.32 Å². The van der Waals surface area contributed by atoms with E-state index in [9.17, 15) is 9.59 Å². The number of amides is 2. The molecule has 1 saturated heterocycles. The maximum absolute atomic E-state index is 12.0. The van der Waals surface area contributed by atoms with Gasteiger partial charge in [0, 0.05) is 26.2 Å². The molecule has 0 spiro atoms. The van der Waals surface area contributed by atoms with E-state index in [0.717, 1.165) is 18.4 Å². The number of nitrogens with one attached hydrogen (secondary N) is 1. The van der Waals surface area contributed by atoms with Crippen LogP contribution in [0.5, 0.6) is 0 Å². The molecule has 1 aromatic carbocycles. The number of carbonyl (C=O) groups is 2. The van der Waals surface area contributed by atoms with E-state index in [1.54, 1.807) is 17.0 Å². The zero-order valence-electron chi connectivity index (χ0n) is 11.8. The van der Waals surface area contributed by atoms with Gasteiger partial charge in [-0.15, -0.1) is 0 Å². The molecule has 1 fully saturated rings. The standard InChI is InChI=1S/C15H20N2O4/c18-10-12-5-7-17(8-6-12)15(21)16-9-11-1-3-13(4-2-11)14(19)20/h1-4,12,18H,5-10H2,(H,16,21)(H,19,20). The van der Waals surface area contributed by atoms with Gasteiger partial charge >= 0.3 is 12.0 Å². The maximum Gasteiger partial charge on any atom is 0.335 e. The van der Waals surface area contributed by atoms with E-state index >= 15 is 0 Å². The molecule has 0 aromatic heterocycles. The second-order valence-electron chi connectivity index (χ2n) is 5.27. The van der Waals surface area contributed by atoms with Gasteiger partial charge in [-0.1, -0.05) is 12.1 Å². The second kappa shape index (κ2) is 7.08. The SMILES string of the molecule is O=C(O)c1ccc(CNC(=O)N2CCC(CO)CC2)cc1. The van der Waals surface area contributed by atoms with E-state index in [-0.39, 0.29) is 18.2 Å². The summed E-state index contributed by atoms with van der Waals surface area (Å²) >= 11 is 0. The Morgan fingerprint density at radius 1 is 1.19 bits per heavy atom. The van der Waals surface area contributed by atoms with Crippen molar-refractivity contribution >= 4 is 12.0 Å². The molecular formula is C15H20N2O4. The van der Waals surface area contributed by atoms with Gasteiger partial charge in [0.1, 0.15) is 0 Å². The third-order valence-electron chi connectivity index (χ3n) is 3.80. The van der Waals surface area contributed by atoms with Gasteiger partial charge in [0.05, 0.1) is 5.56 Å². The van der Waals surface area contributed by atoms with Crippen LogP contribution in [0.15, 0.2) is 24.3 Å². The van der Waals surface area contributed by atoms with Gasteiger partial charge < -0.3 is 20.4 Å². The zero-order valence-corrected chi connectivity index (χ0v) is 11.8. The fourth-order valence-electron chi connectivity index (χ4n) is 2.37. The van der Waals surface area contributed by atoms with Crippen molar-refractivity contribution in [3.8, 4) is 0 Å². The van der Waals surface area contributed by atoms with Crippen LogP contribution in [0.2, 0.25) is 0 Å². The molecule has 6 heteroatoms. The molecule has 2 amide bonds. The molecule has 0 bridgehead atoms. The number of urea groups is 1. The normalized spacial score (nSPS) is 15.8. The number of hydrogen-bond acceptors (Lipinski definition) is 3. The van der Waals surface area contributed by atoms with Gasteiger partial charge in [0.2, 0.25) is 0 Å². The van der Waals surface area contributed by atoms with Crippen molar-refractivity contribution in [2.45, 2.75) is 19.4 Å². The van der Waals surface area contributed by atoms with Crippen molar-refractivity contribution in [2.75, 3.05) is 19.7 Å². The molecule has 0 radical (unpaired) electrons. The van der Waals surface area contributed by atoms with Crippen LogP contribution in [-0.4, -0.2) is 46.8 Å². The van der Waals surface area contributed by atoms with Crippen molar-refractivity contribution in [3.63, 3.8) is 0 Å². The quantitative estimate of drug-likeness (QED) is 0.780. The first-order valence-corrected chi connectivity index (χ1v) is 7.06. The van der Waals surface area contributed by atoms with Crippen molar-refractivity contribution in [3.05, 3.63) is 35.4 Å². The number of carboxylic acid groups (broad SMARTS) is 1. The van der Waals surface area contributed by atoms with Crippen LogP contribution in [0, 0.1) is 5.92 Å². The summed E-state index contributed by atoms with van der Waals surface area (Å²) in [6.07, 6.45) is 1.66. The highest BCUT2D eigenvalue weighted by Gasteiger charge is 2.21. The van der Waals surface area contributed by atoms with Gasteiger partial charge in [-0.3, -0.25) is 0 Å². The van der Waals surface area contributed by atoms with Crippen molar-refractivity contribution < 1.29 is 19.8 Å². The van der Waals surface area contributed by atoms with Gasteiger partial charge in [-0.05, 0) is 36.5 Å². The van der Waals surface area contributed by atoms with Crippen LogP contribution in [-0.2, 0) is 6.54 Å². The van der Waals surface area contributed by atoms with Gasteiger partial charge in [0.25, 0.3) is 0 Å². The topological polar surface area (TPSA) is 89.9 Å². The highest BCUT2D eigenvalue weighted by Crippen LogP contribution is 2.16. The summed E-state index contributed by atoms with van der Waals surface area (Å²) in [7, 11) is 0. The van der Waals surface area contributed by atoms with Crippen molar-refractivity contribution in [1.29, 1.82) is 0 Å². The third kappa shape index (κ3) is 4.19. The Morgan fingerprint density at radius 3 is 2.33 bits per heavy atom. The molecule has 1 aromatic rings. The predicted molar refractivity (Wildman–Crippen MR) is 77.0 cm³/mol. The minimum atomic E-state index is -0.961. The van der Waals surface area contributed by atoms with Crippen LogP contribution in [0.25, 0.3) is 0 Å². The number of benzene rings is 1. The Bertz CT molecular complexity index is 493. The molecule has 6 nitrogen and oxygen atoms in total. The number of nitrogens with zero attached hydrogens (tertiary/aromatic N) is 1. The average Bonchev–Trinajstić information content (AvgIpc) is 2.53. The Morgan fingerprint density at radius 2 is 1.81 bits per heavy atom. The Hall–Kier alpha value is -2.08. The van der Waals surface area contributed by atoms with E-state index in [4.69, 9.17) is 10.2 Å². The summed E-state index contributed by atoms with van der Waals surface area (Å²) in [6, 6.07) is 6.32. The first-order valence-electron chi connectivity index (χ1n) is 7.06. The van der Waals surface area contributed by atoms with Crippen molar-refractivity contribution in [2.24, 2.45) is 5.92 Å². The van der Waals surface area contributed by atoms with Gasteiger partial charge in [-0.2, -0.15) is 0 Å². The van der Waals surface area contributed by atoms with Gasteiger partial charge in [-0.25, -0.2) is 9.59 Å². The number of aromatic carboxylic acids is 1. The summed E-state index contributed by atoms with van der Waals surface area (Å²) in [6.45, 7) is 1.88. The molecule has 0 aliphatic carbocycles. The molecule has 114 valence electrons. The molecule has 1 heterocycles. The minimum Gasteiger partial charge on any atom is -0.478 e. The number of likely N-dealkylation sites (tertiary alicyclic amines) is 1.